The second kappa shape index (κ2) is 6.79. The lowest BCUT2D eigenvalue weighted by atomic mass is 9.63. The molecule has 3 fully saturated rings. The molecular weight excluding hydrogens is 433 g/mol. The number of hydrogen-bond donors (Lipinski definition) is 1. The minimum absolute atomic E-state index is 0.0592. The monoisotopic (exact) mass is 452 g/mol. The van der Waals surface area contributed by atoms with E-state index in [4.69, 9.17) is 0 Å². The maximum atomic E-state index is 13.3. The number of imide groups is 1. The van der Waals surface area contributed by atoms with E-state index >= 15 is 0 Å². The van der Waals surface area contributed by atoms with Gasteiger partial charge in [0.2, 0.25) is 11.8 Å². The summed E-state index contributed by atoms with van der Waals surface area (Å²) >= 11 is 0. The van der Waals surface area contributed by atoms with Crippen LogP contribution in [0.3, 0.4) is 0 Å². The number of allylic oxidation sites excluding steroid dienone is 2. The van der Waals surface area contributed by atoms with Crippen molar-refractivity contribution < 1.29 is 27.6 Å². The van der Waals surface area contributed by atoms with Crippen LogP contribution in [0.5, 0.6) is 0 Å². The molecule has 8 heteroatoms. The van der Waals surface area contributed by atoms with Crippen molar-refractivity contribution in [2.75, 3.05) is 10.2 Å². The van der Waals surface area contributed by atoms with Gasteiger partial charge in [-0.15, -0.1) is 0 Å². The molecule has 1 N–H and O–H groups in total. The minimum Gasteiger partial charge on any atom is -0.321 e. The van der Waals surface area contributed by atoms with Crippen molar-refractivity contribution in [3.63, 3.8) is 0 Å². The first-order chi connectivity index (χ1) is 15.8. The second-order valence-electron chi connectivity index (χ2n) is 9.21. The largest absolute Gasteiger partial charge is 0.418 e. The Bertz CT molecular complexity index is 1200. The highest BCUT2D eigenvalue weighted by atomic mass is 19.4. The van der Waals surface area contributed by atoms with Gasteiger partial charge in [0.25, 0.3) is 5.91 Å². The molecule has 1 aliphatic heterocycles. The molecule has 5 nitrogen and oxygen atoms in total. The van der Waals surface area contributed by atoms with Crippen molar-refractivity contribution >= 4 is 29.1 Å². The lowest BCUT2D eigenvalue weighted by Gasteiger charge is -2.37. The Balaban J connectivity index is 1.28. The molecule has 0 unspecified atom stereocenters. The van der Waals surface area contributed by atoms with Crippen molar-refractivity contribution in [1.29, 1.82) is 0 Å². The summed E-state index contributed by atoms with van der Waals surface area (Å²) in [6, 6.07) is 10.6. The first-order valence-corrected chi connectivity index (χ1v) is 10.9. The van der Waals surface area contributed by atoms with Crippen molar-refractivity contribution in [1.82, 2.24) is 0 Å². The van der Waals surface area contributed by atoms with Crippen LogP contribution in [0.25, 0.3) is 0 Å². The Hall–Kier alpha value is -3.42. The van der Waals surface area contributed by atoms with Gasteiger partial charge >= 0.3 is 6.18 Å². The van der Waals surface area contributed by atoms with Crippen LogP contribution in [0.15, 0.2) is 60.7 Å². The molecule has 1 heterocycles. The zero-order valence-corrected chi connectivity index (χ0v) is 17.3. The van der Waals surface area contributed by atoms with Crippen molar-refractivity contribution in [3.8, 4) is 0 Å². The fourth-order valence-corrected chi connectivity index (χ4v) is 6.03. The second-order valence-corrected chi connectivity index (χ2v) is 9.21. The van der Waals surface area contributed by atoms with Crippen molar-refractivity contribution in [2.24, 2.45) is 35.5 Å². The van der Waals surface area contributed by atoms with Crippen LogP contribution in [0.1, 0.15) is 22.3 Å². The Kier molecular flexibility index (Phi) is 4.16. The topological polar surface area (TPSA) is 66.5 Å². The molecule has 33 heavy (non-hydrogen) atoms. The summed E-state index contributed by atoms with van der Waals surface area (Å²) in [5.41, 5.74) is -0.986. The average molecular weight is 452 g/mol. The number of nitrogens with one attached hydrogen (secondary N) is 1. The number of hydrogen-bond acceptors (Lipinski definition) is 3. The summed E-state index contributed by atoms with van der Waals surface area (Å²) in [7, 11) is 0. The van der Waals surface area contributed by atoms with Crippen LogP contribution >= 0.6 is 0 Å². The van der Waals surface area contributed by atoms with Crippen LogP contribution < -0.4 is 10.2 Å². The molecular formula is C25H19F3N2O3. The Labute approximate surface area is 187 Å². The van der Waals surface area contributed by atoms with Gasteiger partial charge in [-0.1, -0.05) is 30.4 Å². The number of rotatable bonds is 3. The zero-order chi connectivity index (χ0) is 23.1. The maximum Gasteiger partial charge on any atom is 0.418 e. The number of carbonyl (C=O) groups excluding carboxylic acids is 3. The van der Waals surface area contributed by atoms with Gasteiger partial charge in [0, 0.05) is 5.56 Å². The molecule has 2 aromatic rings. The van der Waals surface area contributed by atoms with Gasteiger partial charge in [-0.25, -0.2) is 4.90 Å². The number of para-hydroxylation sites is 1. The van der Waals surface area contributed by atoms with E-state index in [9.17, 15) is 27.6 Å². The van der Waals surface area contributed by atoms with Gasteiger partial charge in [0.15, 0.2) is 0 Å². The van der Waals surface area contributed by atoms with Gasteiger partial charge in [0.05, 0.1) is 28.8 Å². The SMILES string of the molecule is O=C(Nc1ccccc1C(F)(F)F)c1cccc(N2C(=O)[C@@H]3[C@H]4C=C[C@@H]([C@@H]5C[C@@H]45)[C@H]3C2=O)c1. The molecule has 2 saturated carbocycles. The number of anilines is 2. The van der Waals surface area contributed by atoms with E-state index in [1.807, 2.05) is 0 Å². The van der Waals surface area contributed by atoms with E-state index in [-0.39, 0.29) is 52.4 Å². The third kappa shape index (κ3) is 2.96. The number of alkyl halides is 3. The molecule has 0 aromatic heterocycles. The minimum atomic E-state index is -4.62. The summed E-state index contributed by atoms with van der Waals surface area (Å²) in [4.78, 5) is 40.5. The third-order valence-corrected chi connectivity index (χ3v) is 7.51. The van der Waals surface area contributed by atoms with E-state index in [0.717, 1.165) is 17.4 Å². The number of benzene rings is 2. The van der Waals surface area contributed by atoms with Crippen molar-refractivity contribution in [3.05, 3.63) is 71.8 Å². The van der Waals surface area contributed by atoms with Gasteiger partial charge in [0.1, 0.15) is 0 Å². The summed E-state index contributed by atoms with van der Waals surface area (Å²) in [6.07, 6.45) is 0.600. The predicted octanol–water partition coefficient (Wildman–Crippen LogP) is 4.52. The molecule has 1 saturated heterocycles. The molecule has 2 bridgehead atoms. The molecule has 2 aromatic carbocycles. The molecule has 168 valence electrons. The molecule has 4 aliphatic carbocycles. The number of carbonyl (C=O) groups is 3. The Morgan fingerprint density at radius 1 is 0.909 bits per heavy atom. The van der Waals surface area contributed by atoms with Gasteiger partial charge in [-0.05, 0) is 60.4 Å². The van der Waals surface area contributed by atoms with Crippen LogP contribution in [0.4, 0.5) is 24.5 Å². The Morgan fingerprint density at radius 3 is 2.18 bits per heavy atom. The maximum absolute atomic E-state index is 13.3. The van der Waals surface area contributed by atoms with E-state index in [1.165, 1.54) is 36.4 Å². The lowest BCUT2D eigenvalue weighted by molar-refractivity contribution is -0.137. The smallest absolute Gasteiger partial charge is 0.321 e. The van der Waals surface area contributed by atoms with E-state index in [1.54, 1.807) is 6.07 Å². The third-order valence-electron chi connectivity index (χ3n) is 7.51. The molecule has 5 aliphatic rings. The van der Waals surface area contributed by atoms with E-state index in [0.29, 0.717) is 11.8 Å². The zero-order valence-electron chi connectivity index (χ0n) is 17.3. The Morgan fingerprint density at radius 2 is 1.55 bits per heavy atom. The highest BCUT2D eigenvalue weighted by molar-refractivity contribution is 6.23. The van der Waals surface area contributed by atoms with Crippen LogP contribution in [0, 0.1) is 35.5 Å². The summed E-state index contributed by atoms with van der Waals surface area (Å²) < 4.78 is 39.8. The van der Waals surface area contributed by atoms with E-state index < -0.39 is 17.6 Å². The van der Waals surface area contributed by atoms with Gasteiger partial charge < -0.3 is 5.32 Å². The fourth-order valence-electron chi connectivity index (χ4n) is 6.03. The van der Waals surface area contributed by atoms with Crippen LogP contribution in [-0.4, -0.2) is 17.7 Å². The van der Waals surface area contributed by atoms with E-state index in [2.05, 4.69) is 17.5 Å². The number of amides is 3. The lowest BCUT2D eigenvalue weighted by Crippen LogP contribution is -2.40. The van der Waals surface area contributed by atoms with Crippen molar-refractivity contribution in [2.45, 2.75) is 12.6 Å². The normalized spacial score (nSPS) is 31.4. The molecule has 0 spiro atoms. The molecule has 7 rings (SSSR count). The fraction of sp³-hybridized carbons (Fsp3) is 0.320. The highest BCUT2D eigenvalue weighted by Gasteiger charge is 2.67. The first-order valence-electron chi connectivity index (χ1n) is 10.9. The number of halogens is 3. The van der Waals surface area contributed by atoms with Gasteiger partial charge in [-0.3, -0.25) is 14.4 Å². The predicted molar refractivity (Wildman–Crippen MR) is 113 cm³/mol. The average Bonchev–Trinajstić information content (AvgIpc) is 3.57. The highest BCUT2D eigenvalue weighted by Crippen LogP contribution is 2.65. The van der Waals surface area contributed by atoms with Crippen LogP contribution in [0.2, 0.25) is 0 Å². The van der Waals surface area contributed by atoms with Crippen LogP contribution in [-0.2, 0) is 15.8 Å². The van der Waals surface area contributed by atoms with Gasteiger partial charge in [-0.2, -0.15) is 13.2 Å². The number of nitrogens with zero attached hydrogens (tertiary/aromatic N) is 1. The first kappa shape index (κ1) is 20.2. The standard InChI is InChI=1S/C25H19F3N2O3/c26-25(27,28)18-6-1-2-7-19(18)29-22(31)12-4-3-5-13(10-12)30-23(32)20-14-8-9-15(17-11-16(14)17)21(20)24(30)33/h1-10,14-17,20-21H,11H2,(H,29,31)/t14-,15-,16-,17-,20+,21+/m0/s1. The molecule has 3 amide bonds. The quantitative estimate of drug-likeness (QED) is 0.550. The summed E-state index contributed by atoms with van der Waals surface area (Å²) in [5, 5.41) is 2.30. The molecule has 6 atom stereocenters. The summed E-state index contributed by atoms with van der Waals surface area (Å²) in [6.45, 7) is 0. The molecule has 0 radical (unpaired) electrons. The summed E-state index contributed by atoms with van der Waals surface area (Å²) in [5.74, 6) is -0.890.